The summed E-state index contributed by atoms with van der Waals surface area (Å²) in [6.07, 6.45) is 48.0. The summed E-state index contributed by atoms with van der Waals surface area (Å²) in [6.45, 7) is 18.8. The molecule has 2 N–H and O–H groups in total. The molecule has 0 aliphatic carbocycles. The van der Waals surface area contributed by atoms with Crippen LogP contribution in [0.1, 0.15) is 230 Å². The first-order valence-corrected chi connectivity index (χ1v) is 33.0. The van der Waals surface area contributed by atoms with Gasteiger partial charge in [-0.3, -0.25) is 0 Å². The first-order valence-electron chi connectivity index (χ1n) is 25.8. The monoisotopic (exact) mass is 937 g/mol. The van der Waals surface area contributed by atoms with Gasteiger partial charge in [0.1, 0.15) is 0 Å². The van der Waals surface area contributed by atoms with Crippen molar-refractivity contribution in [1.82, 2.24) is 0 Å². The van der Waals surface area contributed by atoms with Crippen molar-refractivity contribution in [2.24, 2.45) is 0 Å². The van der Waals surface area contributed by atoms with E-state index in [4.69, 9.17) is 10.2 Å². The van der Waals surface area contributed by atoms with Crippen molar-refractivity contribution >= 4 is 48.1 Å². The predicted octanol–water partition coefficient (Wildman–Crippen LogP) is 19.4. The molecule has 2 rings (SSSR count). The highest BCUT2D eigenvalue weighted by molar-refractivity contribution is 8.76. The van der Waals surface area contributed by atoms with Crippen LogP contribution in [0.3, 0.4) is 0 Å². The highest BCUT2D eigenvalue weighted by atomic mass is 33.1. The first-order chi connectivity index (χ1) is 30.1. The maximum absolute atomic E-state index is 11.1. The van der Waals surface area contributed by atoms with Crippen molar-refractivity contribution in [3.8, 4) is 0 Å². The Bertz CT molecular complexity index is 1160. The lowest BCUT2D eigenvalue weighted by molar-refractivity contribution is 0.0682. The molecule has 0 aliphatic rings. The van der Waals surface area contributed by atoms with Crippen molar-refractivity contribution in [3.05, 3.63) is 59.7 Å². The van der Waals surface area contributed by atoms with E-state index in [1.807, 2.05) is 0 Å². The van der Waals surface area contributed by atoms with E-state index >= 15 is 0 Å². The minimum atomic E-state index is -1.000. The Morgan fingerprint density at radius 3 is 0.726 bits per heavy atom. The lowest BCUT2D eigenvalue weighted by Crippen LogP contribution is -2.13. The second-order valence-corrected chi connectivity index (χ2v) is 29.1. The second kappa shape index (κ2) is 41.4. The zero-order chi connectivity index (χ0) is 46.2. The van der Waals surface area contributed by atoms with E-state index in [-0.39, 0.29) is 11.1 Å². The molecular weight excluding hydrogens is 839 g/mol. The molecule has 8 heteroatoms. The molecule has 0 amide bonds. The second-order valence-electron chi connectivity index (χ2n) is 17.9. The molecule has 0 bridgehead atoms. The molecule has 0 aromatic heterocycles. The van der Waals surface area contributed by atoms with Crippen LogP contribution in [0, 0.1) is 0 Å². The van der Waals surface area contributed by atoms with Gasteiger partial charge >= 0.3 is 11.9 Å². The number of rotatable bonds is 37. The fourth-order valence-corrected chi connectivity index (χ4v) is 20.6. The molecule has 0 heterocycles. The molecule has 0 unspecified atom stereocenters. The van der Waals surface area contributed by atoms with Crippen LogP contribution < -0.4 is 0 Å². The standard InChI is InChI=1S/2C20H44P.C14H10O4S2/c2*1-5-9-13-17-21(18-14-10-6-2,19-15-11-7-3)20-16-12-8-4;15-13(16)9-5-1-3-7-11(9)19-20-12-8-4-2-6-10(12)14(17)18/h2*5-20H2,1-4H3;1-8H,(H,15,16)(H,17,18)/q2*+1;. The van der Waals surface area contributed by atoms with Crippen molar-refractivity contribution in [2.75, 3.05) is 49.3 Å². The van der Waals surface area contributed by atoms with E-state index in [2.05, 4.69) is 55.4 Å². The number of benzene rings is 2. The Morgan fingerprint density at radius 1 is 0.355 bits per heavy atom. The molecular formula is C54H98O4P2S2+2. The Kier molecular flexibility index (Phi) is 40.7. The summed E-state index contributed by atoms with van der Waals surface area (Å²) in [7, 11) is 1.24. The summed E-state index contributed by atoms with van der Waals surface area (Å²) in [5.74, 6) is -2.00. The maximum Gasteiger partial charge on any atom is 0.336 e. The van der Waals surface area contributed by atoms with Crippen LogP contribution in [0.5, 0.6) is 0 Å². The van der Waals surface area contributed by atoms with Gasteiger partial charge in [0.15, 0.2) is 0 Å². The summed E-state index contributed by atoms with van der Waals surface area (Å²) in [5, 5.41) is 18.2. The molecule has 0 saturated heterocycles. The van der Waals surface area contributed by atoms with Gasteiger partial charge in [0, 0.05) is 24.3 Å². The third kappa shape index (κ3) is 29.5. The van der Waals surface area contributed by atoms with Gasteiger partial charge in [0.05, 0.1) is 60.4 Å². The average Bonchev–Trinajstić information content (AvgIpc) is 3.27. The minimum absolute atomic E-state index is 0.206. The number of carboxylic acid groups (broad SMARTS) is 2. The van der Waals surface area contributed by atoms with Gasteiger partial charge in [-0.2, -0.15) is 0 Å². The van der Waals surface area contributed by atoms with Gasteiger partial charge in [0.2, 0.25) is 0 Å². The molecule has 2 aromatic rings. The fraction of sp³-hybridized carbons (Fsp3) is 0.741. The lowest BCUT2D eigenvalue weighted by atomic mass is 10.2. The molecule has 62 heavy (non-hydrogen) atoms. The smallest absolute Gasteiger partial charge is 0.336 e. The number of carboxylic acids is 2. The van der Waals surface area contributed by atoms with Crippen molar-refractivity contribution < 1.29 is 19.8 Å². The van der Waals surface area contributed by atoms with Gasteiger partial charge in [-0.15, -0.1) is 0 Å². The quantitative estimate of drug-likeness (QED) is 0.0399. The van der Waals surface area contributed by atoms with E-state index in [0.29, 0.717) is 9.79 Å². The Hall–Kier alpha value is -1.06. The van der Waals surface area contributed by atoms with Crippen molar-refractivity contribution in [3.63, 3.8) is 0 Å². The summed E-state index contributed by atoms with van der Waals surface area (Å²) in [6, 6.07) is 13.3. The molecule has 2 aromatic carbocycles. The van der Waals surface area contributed by atoms with Crippen molar-refractivity contribution in [1.29, 1.82) is 0 Å². The molecule has 358 valence electrons. The molecule has 0 spiro atoms. The van der Waals surface area contributed by atoms with Crippen LogP contribution in [0.15, 0.2) is 58.3 Å². The molecule has 0 radical (unpaired) electrons. The zero-order valence-corrected chi connectivity index (χ0v) is 45.1. The Morgan fingerprint density at radius 2 is 0.548 bits per heavy atom. The van der Waals surface area contributed by atoms with E-state index < -0.39 is 26.5 Å². The van der Waals surface area contributed by atoms with Crippen LogP contribution in [0.4, 0.5) is 0 Å². The largest absolute Gasteiger partial charge is 0.478 e. The molecule has 0 atom stereocenters. The van der Waals surface area contributed by atoms with Gasteiger partial charge in [-0.1, -0.05) is 204 Å². The molecule has 0 fully saturated rings. The van der Waals surface area contributed by atoms with Gasteiger partial charge in [-0.05, 0) is 75.6 Å². The SMILES string of the molecule is CCCCC[P+](CCCCC)(CCCCC)CCCCC.CCCCC[P+](CCCCC)(CCCCC)CCCCC.O=C(O)c1ccccc1SSc1ccccc1C(=O)O. The van der Waals surface area contributed by atoms with Crippen LogP contribution in [-0.4, -0.2) is 71.4 Å². The third-order valence-electron chi connectivity index (χ3n) is 12.3. The number of unbranched alkanes of at least 4 members (excludes halogenated alkanes) is 16. The van der Waals surface area contributed by atoms with Crippen LogP contribution >= 0.6 is 36.1 Å². The number of hydrogen-bond donors (Lipinski definition) is 2. The number of aromatic carboxylic acids is 2. The predicted molar refractivity (Wildman–Crippen MR) is 287 cm³/mol. The molecule has 4 nitrogen and oxygen atoms in total. The number of hydrogen-bond acceptors (Lipinski definition) is 4. The number of carbonyl (C=O) groups is 2. The summed E-state index contributed by atoms with van der Waals surface area (Å²) in [5.41, 5.74) is 0.413. The normalized spacial score (nSPS) is 11.4. The van der Waals surface area contributed by atoms with E-state index in [1.165, 1.54) is 188 Å². The van der Waals surface area contributed by atoms with Crippen molar-refractivity contribution in [2.45, 2.75) is 219 Å². The summed E-state index contributed by atoms with van der Waals surface area (Å²) in [4.78, 5) is 23.4. The zero-order valence-electron chi connectivity index (χ0n) is 41.7. The molecule has 0 saturated carbocycles. The van der Waals surface area contributed by atoms with E-state index in [1.54, 1.807) is 85.7 Å². The van der Waals surface area contributed by atoms with E-state index in [9.17, 15) is 9.59 Å². The maximum atomic E-state index is 11.1. The Balaban J connectivity index is 0.000000900. The van der Waals surface area contributed by atoms with E-state index in [0.717, 1.165) is 0 Å². The third-order valence-corrected chi connectivity index (χ3v) is 24.9. The van der Waals surface area contributed by atoms with Gasteiger partial charge < -0.3 is 10.2 Å². The van der Waals surface area contributed by atoms with Gasteiger partial charge in [-0.25, -0.2) is 9.59 Å². The summed E-state index contributed by atoms with van der Waals surface area (Å²) >= 11 is 0. The van der Waals surface area contributed by atoms with Crippen LogP contribution in [0.25, 0.3) is 0 Å². The van der Waals surface area contributed by atoms with Crippen LogP contribution in [-0.2, 0) is 0 Å². The lowest BCUT2D eigenvalue weighted by Gasteiger charge is -2.28. The average molecular weight is 937 g/mol. The van der Waals surface area contributed by atoms with Gasteiger partial charge in [0.25, 0.3) is 0 Å². The molecule has 0 aliphatic heterocycles. The summed E-state index contributed by atoms with van der Waals surface area (Å²) < 4.78 is 0. The topological polar surface area (TPSA) is 74.6 Å². The fourth-order valence-electron chi connectivity index (χ4n) is 8.44. The Labute approximate surface area is 394 Å². The van der Waals surface area contributed by atoms with Crippen LogP contribution in [0.2, 0.25) is 0 Å². The minimum Gasteiger partial charge on any atom is -0.478 e. The highest BCUT2D eigenvalue weighted by Gasteiger charge is 2.36. The first kappa shape index (κ1) is 60.9. The highest BCUT2D eigenvalue weighted by Crippen LogP contribution is 2.62.